The van der Waals surface area contributed by atoms with Gasteiger partial charge in [-0.05, 0) is 30.3 Å². The van der Waals surface area contributed by atoms with Gasteiger partial charge < -0.3 is 10.1 Å². The van der Waals surface area contributed by atoms with Crippen molar-refractivity contribution in [2.75, 3.05) is 25.0 Å². The van der Waals surface area contributed by atoms with Gasteiger partial charge in [0, 0.05) is 19.3 Å². The van der Waals surface area contributed by atoms with Gasteiger partial charge in [0.05, 0.1) is 21.2 Å². The van der Waals surface area contributed by atoms with E-state index in [1.165, 1.54) is 40.8 Å². The van der Waals surface area contributed by atoms with Gasteiger partial charge in [-0.1, -0.05) is 37.0 Å². The van der Waals surface area contributed by atoms with Crippen molar-refractivity contribution in [1.29, 1.82) is 0 Å². The first-order valence-electron chi connectivity index (χ1n) is 8.57. The molecule has 1 heterocycles. The lowest BCUT2D eigenvalue weighted by molar-refractivity contribution is -0.119. The zero-order valence-electron chi connectivity index (χ0n) is 15.7. The second-order valence-corrected chi connectivity index (χ2v) is 8.45. The summed E-state index contributed by atoms with van der Waals surface area (Å²) < 4.78 is 31.5. The Morgan fingerprint density at radius 3 is 2.45 bits per heavy atom. The van der Waals surface area contributed by atoms with E-state index in [0.717, 1.165) is 0 Å². The van der Waals surface area contributed by atoms with Crippen molar-refractivity contribution in [3.05, 3.63) is 52.3 Å². The van der Waals surface area contributed by atoms with Crippen molar-refractivity contribution < 1.29 is 22.7 Å². The number of ether oxygens (including phenoxy) is 1. The number of anilines is 1. The summed E-state index contributed by atoms with van der Waals surface area (Å²) in [4.78, 5) is 27.8. The molecule has 2 aromatic rings. The smallest absolute Gasteiger partial charge is 0.338 e. The van der Waals surface area contributed by atoms with Crippen molar-refractivity contribution >= 4 is 50.8 Å². The number of halogens is 2. The highest BCUT2D eigenvalue weighted by atomic mass is 35.5. The highest BCUT2D eigenvalue weighted by Gasteiger charge is 2.23. The van der Waals surface area contributed by atoms with E-state index in [-0.39, 0.29) is 26.3 Å². The number of carbonyl (C=O) groups excluding carboxylic acids is 2. The average molecular weight is 460 g/mol. The highest BCUT2D eigenvalue weighted by Crippen LogP contribution is 2.27. The van der Waals surface area contributed by atoms with E-state index in [2.05, 4.69) is 10.3 Å². The van der Waals surface area contributed by atoms with Crippen molar-refractivity contribution in [2.24, 2.45) is 0 Å². The minimum Gasteiger partial charge on any atom is -0.452 e. The number of hydrogen-bond donors (Lipinski definition) is 1. The van der Waals surface area contributed by atoms with E-state index < -0.39 is 28.5 Å². The predicted octanol–water partition coefficient (Wildman–Crippen LogP) is 3.21. The van der Waals surface area contributed by atoms with Crippen molar-refractivity contribution in [1.82, 2.24) is 9.29 Å². The van der Waals surface area contributed by atoms with Crippen LogP contribution in [-0.4, -0.2) is 49.3 Å². The fourth-order valence-electron chi connectivity index (χ4n) is 2.40. The lowest BCUT2D eigenvalue weighted by Gasteiger charge is -2.19. The molecule has 2 rings (SSSR count). The van der Waals surface area contributed by atoms with Gasteiger partial charge >= 0.3 is 5.97 Å². The topological polar surface area (TPSA) is 106 Å². The number of pyridine rings is 1. The number of hydrogen-bond acceptors (Lipinski definition) is 6. The fourth-order valence-corrected chi connectivity index (χ4v) is 4.23. The summed E-state index contributed by atoms with van der Waals surface area (Å²) in [7, 11) is -3.72. The van der Waals surface area contributed by atoms with Crippen LogP contribution in [-0.2, 0) is 19.6 Å². The molecule has 0 spiro atoms. The third-order valence-electron chi connectivity index (χ3n) is 3.85. The van der Waals surface area contributed by atoms with Crippen molar-refractivity contribution in [2.45, 2.75) is 18.7 Å². The zero-order valence-corrected chi connectivity index (χ0v) is 18.0. The molecule has 0 atom stereocenters. The van der Waals surface area contributed by atoms with E-state index in [9.17, 15) is 18.0 Å². The third-order valence-corrected chi connectivity index (χ3v) is 6.43. The molecule has 11 heteroatoms. The van der Waals surface area contributed by atoms with Crippen LogP contribution < -0.4 is 5.32 Å². The molecule has 0 radical (unpaired) electrons. The first-order chi connectivity index (χ1) is 13.7. The normalized spacial score (nSPS) is 11.3. The van der Waals surface area contributed by atoms with Crippen LogP contribution in [0.2, 0.25) is 10.2 Å². The van der Waals surface area contributed by atoms with Crippen LogP contribution in [0.25, 0.3) is 0 Å². The monoisotopic (exact) mass is 459 g/mol. The van der Waals surface area contributed by atoms with Crippen LogP contribution >= 0.6 is 23.2 Å². The molecule has 0 saturated carbocycles. The highest BCUT2D eigenvalue weighted by molar-refractivity contribution is 7.89. The Morgan fingerprint density at radius 2 is 1.83 bits per heavy atom. The van der Waals surface area contributed by atoms with Crippen LogP contribution in [0.5, 0.6) is 0 Å². The van der Waals surface area contributed by atoms with Gasteiger partial charge in [0.15, 0.2) is 6.61 Å². The van der Waals surface area contributed by atoms with Crippen LogP contribution in [0.15, 0.2) is 41.4 Å². The van der Waals surface area contributed by atoms with Crippen molar-refractivity contribution in [3.63, 3.8) is 0 Å². The van der Waals surface area contributed by atoms with Gasteiger partial charge in [0.2, 0.25) is 10.0 Å². The van der Waals surface area contributed by atoms with Gasteiger partial charge in [0.25, 0.3) is 5.91 Å². The Kier molecular flexibility index (Phi) is 7.97. The lowest BCUT2D eigenvalue weighted by Crippen LogP contribution is -2.30. The molecule has 0 fully saturated rings. The standard InChI is InChI=1S/C18H19Cl2N3O5S/c1-3-23(4-2)29(26,27)13-5-6-14(19)15(10-13)22-17(24)11-28-18(25)12-7-8-21-16(20)9-12/h5-10H,3-4,11H2,1-2H3,(H,22,24). The molecule has 0 bridgehead atoms. The summed E-state index contributed by atoms with van der Waals surface area (Å²) in [6.45, 7) is 3.46. The Labute approximate surface area is 178 Å². The fraction of sp³-hybridized carbons (Fsp3) is 0.278. The summed E-state index contributed by atoms with van der Waals surface area (Å²) in [5.74, 6) is -1.44. The molecular formula is C18H19Cl2N3O5S. The van der Waals surface area contributed by atoms with Crippen LogP contribution in [0.1, 0.15) is 24.2 Å². The number of rotatable bonds is 8. The number of nitrogens with one attached hydrogen (secondary N) is 1. The Balaban J connectivity index is 2.09. The number of esters is 1. The molecule has 0 unspecified atom stereocenters. The second-order valence-electron chi connectivity index (χ2n) is 5.72. The summed E-state index contributed by atoms with van der Waals surface area (Å²) in [6.07, 6.45) is 1.33. The summed E-state index contributed by atoms with van der Waals surface area (Å²) >= 11 is 11.8. The molecule has 8 nitrogen and oxygen atoms in total. The first-order valence-corrected chi connectivity index (χ1v) is 10.8. The minimum absolute atomic E-state index is 0.00989. The number of benzene rings is 1. The van der Waals surface area contributed by atoms with Gasteiger partial charge in [-0.25, -0.2) is 18.2 Å². The maximum absolute atomic E-state index is 12.6. The van der Waals surface area contributed by atoms with Gasteiger partial charge in [0.1, 0.15) is 5.15 Å². The largest absolute Gasteiger partial charge is 0.452 e. The molecule has 0 saturated heterocycles. The van der Waals surface area contributed by atoms with Crippen LogP contribution in [0.3, 0.4) is 0 Å². The Morgan fingerprint density at radius 1 is 1.14 bits per heavy atom. The van der Waals surface area contributed by atoms with E-state index in [1.807, 2.05) is 0 Å². The molecule has 0 aliphatic rings. The van der Waals surface area contributed by atoms with E-state index >= 15 is 0 Å². The summed E-state index contributed by atoms with van der Waals surface area (Å²) in [5.41, 5.74) is 0.232. The molecule has 0 aliphatic carbocycles. The molecule has 1 aromatic heterocycles. The Hall–Kier alpha value is -2.20. The lowest BCUT2D eigenvalue weighted by atomic mass is 10.3. The summed E-state index contributed by atoms with van der Waals surface area (Å²) in [5, 5.41) is 2.70. The van der Waals surface area contributed by atoms with Crippen LogP contribution in [0.4, 0.5) is 5.69 Å². The van der Waals surface area contributed by atoms with E-state index in [0.29, 0.717) is 13.1 Å². The molecule has 1 amide bonds. The van der Waals surface area contributed by atoms with E-state index in [1.54, 1.807) is 13.8 Å². The number of carbonyl (C=O) groups is 2. The first kappa shape index (κ1) is 23.1. The number of nitrogens with zero attached hydrogens (tertiary/aromatic N) is 2. The summed E-state index contributed by atoms with van der Waals surface area (Å²) in [6, 6.07) is 6.69. The third kappa shape index (κ3) is 5.89. The maximum Gasteiger partial charge on any atom is 0.338 e. The van der Waals surface area contributed by atoms with Gasteiger partial charge in [-0.2, -0.15) is 4.31 Å². The van der Waals surface area contributed by atoms with Gasteiger partial charge in [-0.3, -0.25) is 4.79 Å². The maximum atomic E-state index is 12.6. The van der Waals surface area contributed by atoms with E-state index in [4.69, 9.17) is 27.9 Å². The predicted molar refractivity (Wildman–Crippen MR) is 110 cm³/mol. The number of sulfonamides is 1. The molecular weight excluding hydrogens is 441 g/mol. The minimum atomic E-state index is -3.72. The molecule has 0 aliphatic heterocycles. The van der Waals surface area contributed by atoms with Gasteiger partial charge in [-0.15, -0.1) is 0 Å². The number of amides is 1. The zero-order chi connectivity index (χ0) is 21.6. The van der Waals surface area contributed by atoms with Crippen molar-refractivity contribution in [3.8, 4) is 0 Å². The molecule has 1 aromatic carbocycles. The molecule has 1 N–H and O–H groups in total. The second kappa shape index (κ2) is 10.0. The molecule has 29 heavy (non-hydrogen) atoms. The Bertz CT molecular complexity index is 1010. The molecule has 156 valence electrons. The number of aromatic nitrogens is 1. The SMILES string of the molecule is CCN(CC)S(=O)(=O)c1ccc(Cl)c(NC(=O)COC(=O)c2ccnc(Cl)c2)c1. The van der Waals surface area contributed by atoms with Crippen LogP contribution in [0, 0.1) is 0 Å². The quantitative estimate of drug-likeness (QED) is 0.479. The average Bonchev–Trinajstić information content (AvgIpc) is 2.68.